The van der Waals surface area contributed by atoms with E-state index in [0.717, 1.165) is 0 Å². The number of benzene rings is 4. The lowest BCUT2D eigenvalue weighted by atomic mass is 9.79. The van der Waals surface area contributed by atoms with Crippen LogP contribution in [0.25, 0.3) is 21.5 Å². The van der Waals surface area contributed by atoms with Gasteiger partial charge in [0.25, 0.3) is 0 Å². The van der Waals surface area contributed by atoms with Crippen LogP contribution in [0, 0.1) is 0 Å². The number of hydrogen-bond donors (Lipinski definition) is 0. The molecular formula is C39H43N2+. The van der Waals surface area contributed by atoms with Crippen molar-refractivity contribution in [2.75, 3.05) is 4.90 Å². The highest BCUT2D eigenvalue weighted by Crippen LogP contribution is 2.51. The van der Waals surface area contributed by atoms with Gasteiger partial charge in [0.1, 0.15) is 0 Å². The molecule has 6 rings (SSSR count). The van der Waals surface area contributed by atoms with Crippen LogP contribution >= 0.6 is 0 Å². The largest absolute Gasteiger partial charge is 0.341 e. The molecular weight excluding hydrogens is 496 g/mol. The molecule has 0 fully saturated rings. The van der Waals surface area contributed by atoms with Crippen LogP contribution in [0.5, 0.6) is 0 Å². The van der Waals surface area contributed by atoms with Gasteiger partial charge in [-0.3, -0.25) is 0 Å². The predicted octanol–water partition coefficient (Wildman–Crippen LogP) is 9.98. The van der Waals surface area contributed by atoms with Gasteiger partial charge in [0, 0.05) is 40.5 Å². The van der Waals surface area contributed by atoms with Crippen LogP contribution < -0.4 is 4.90 Å². The highest BCUT2D eigenvalue weighted by molar-refractivity contribution is 6.07. The molecule has 0 bridgehead atoms. The molecule has 4 aromatic rings. The Morgan fingerprint density at radius 1 is 0.659 bits per heavy atom. The molecule has 0 atom stereocenters. The van der Waals surface area contributed by atoms with E-state index in [1.165, 1.54) is 55.5 Å². The van der Waals surface area contributed by atoms with Crippen molar-refractivity contribution in [3.05, 3.63) is 120 Å². The van der Waals surface area contributed by atoms with E-state index in [2.05, 4.69) is 168 Å². The summed E-state index contributed by atoms with van der Waals surface area (Å²) in [6.07, 6.45) is 11.3. The fourth-order valence-corrected chi connectivity index (χ4v) is 7.40. The molecule has 2 heteroatoms. The van der Waals surface area contributed by atoms with E-state index in [4.69, 9.17) is 0 Å². The third-order valence-electron chi connectivity index (χ3n) is 9.15. The molecule has 2 aliphatic rings. The second-order valence-electron chi connectivity index (χ2n) is 13.2. The minimum atomic E-state index is -0.0894. The van der Waals surface area contributed by atoms with Crippen LogP contribution in [-0.4, -0.2) is 22.4 Å². The highest BCUT2D eigenvalue weighted by atomic mass is 15.2. The summed E-state index contributed by atoms with van der Waals surface area (Å²) >= 11 is 0. The Bertz CT molecular complexity index is 1790. The lowest BCUT2D eigenvalue weighted by Gasteiger charge is -2.30. The molecule has 4 aromatic carbocycles. The van der Waals surface area contributed by atoms with Crippen LogP contribution in [0.15, 0.2) is 109 Å². The number of rotatable bonds is 5. The van der Waals surface area contributed by atoms with Gasteiger partial charge in [0.15, 0.2) is 11.8 Å². The zero-order valence-electron chi connectivity index (χ0n) is 25.9. The van der Waals surface area contributed by atoms with Crippen molar-refractivity contribution in [3.63, 3.8) is 0 Å². The van der Waals surface area contributed by atoms with Gasteiger partial charge in [0.2, 0.25) is 5.69 Å². The van der Waals surface area contributed by atoms with E-state index < -0.39 is 0 Å². The summed E-state index contributed by atoms with van der Waals surface area (Å²) in [4.78, 5) is 2.52. The van der Waals surface area contributed by atoms with E-state index in [-0.39, 0.29) is 10.8 Å². The molecule has 2 aliphatic heterocycles. The maximum atomic E-state index is 2.52. The lowest BCUT2D eigenvalue weighted by Crippen LogP contribution is -2.31. The second-order valence-corrected chi connectivity index (χ2v) is 13.2. The number of nitrogens with zero attached hydrogens (tertiary/aromatic N) is 2. The molecule has 0 amide bonds. The van der Waals surface area contributed by atoms with Gasteiger partial charge in [-0.25, -0.2) is 0 Å². The SMILES string of the molecule is CC(C)N1C(=CC=CC=CC2=[N+](C(C)C)c3ccc4ccccc4c3C2(C)C)C(C)(C)c2c1ccc1ccccc21. The first-order chi connectivity index (χ1) is 19.5. The summed E-state index contributed by atoms with van der Waals surface area (Å²) in [5.74, 6) is 0. The fourth-order valence-electron chi connectivity index (χ4n) is 7.40. The quantitative estimate of drug-likeness (QED) is 0.181. The topological polar surface area (TPSA) is 6.25 Å². The Balaban J connectivity index is 1.37. The Labute approximate surface area is 246 Å². The van der Waals surface area contributed by atoms with Gasteiger partial charge in [-0.1, -0.05) is 86.7 Å². The van der Waals surface area contributed by atoms with Gasteiger partial charge in [0.05, 0.1) is 5.41 Å². The maximum Gasteiger partial charge on any atom is 0.210 e. The van der Waals surface area contributed by atoms with E-state index in [9.17, 15) is 0 Å². The third-order valence-corrected chi connectivity index (χ3v) is 9.15. The maximum absolute atomic E-state index is 2.52. The van der Waals surface area contributed by atoms with Crippen LogP contribution in [0.1, 0.15) is 66.5 Å². The first-order valence-corrected chi connectivity index (χ1v) is 15.1. The molecule has 0 N–H and O–H groups in total. The molecule has 0 spiro atoms. The number of allylic oxidation sites excluding steroid dienone is 6. The molecule has 0 saturated heterocycles. The molecule has 2 heterocycles. The molecule has 208 valence electrons. The van der Waals surface area contributed by atoms with Crippen molar-refractivity contribution < 1.29 is 4.58 Å². The van der Waals surface area contributed by atoms with Crippen LogP contribution in [0.2, 0.25) is 0 Å². The van der Waals surface area contributed by atoms with Crippen molar-refractivity contribution in [3.8, 4) is 0 Å². The van der Waals surface area contributed by atoms with Gasteiger partial charge >= 0.3 is 0 Å². The van der Waals surface area contributed by atoms with Crippen molar-refractivity contribution in [1.82, 2.24) is 0 Å². The van der Waals surface area contributed by atoms with Gasteiger partial charge < -0.3 is 4.90 Å². The zero-order chi connectivity index (χ0) is 29.1. The summed E-state index contributed by atoms with van der Waals surface area (Å²) in [5.41, 5.74) is 8.04. The summed E-state index contributed by atoms with van der Waals surface area (Å²) in [6.45, 7) is 18.6. The van der Waals surface area contributed by atoms with Crippen LogP contribution in [-0.2, 0) is 10.8 Å². The minimum absolute atomic E-state index is 0.0894. The molecule has 41 heavy (non-hydrogen) atoms. The van der Waals surface area contributed by atoms with Crippen LogP contribution in [0.3, 0.4) is 0 Å². The van der Waals surface area contributed by atoms with Gasteiger partial charge in [-0.05, 0) is 86.9 Å². The first-order valence-electron chi connectivity index (χ1n) is 15.1. The Morgan fingerprint density at radius 2 is 1.27 bits per heavy atom. The van der Waals surface area contributed by atoms with Crippen LogP contribution in [0.4, 0.5) is 11.4 Å². The summed E-state index contributed by atoms with van der Waals surface area (Å²) in [6, 6.07) is 27.5. The smallest absolute Gasteiger partial charge is 0.210 e. The Morgan fingerprint density at radius 3 is 1.90 bits per heavy atom. The normalized spacial score (nSPS) is 18.8. The summed E-state index contributed by atoms with van der Waals surface area (Å²) < 4.78 is 2.52. The van der Waals surface area contributed by atoms with Gasteiger partial charge in [-0.15, -0.1) is 0 Å². The third kappa shape index (κ3) is 4.19. The monoisotopic (exact) mass is 539 g/mol. The fraction of sp³-hybridized carbons (Fsp3) is 0.308. The number of fused-ring (bicyclic) bond motifs is 6. The van der Waals surface area contributed by atoms with E-state index in [1.807, 2.05) is 0 Å². The Kier molecular flexibility index (Phi) is 6.57. The molecule has 0 aliphatic carbocycles. The second kappa shape index (κ2) is 9.87. The average Bonchev–Trinajstić information content (AvgIpc) is 3.32. The summed E-state index contributed by atoms with van der Waals surface area (Å²) in [5, 5.41) is 5.33. The predicted molar refractivity (Wildman–Crippen MR) is 178 cm³/mol. The molecule has 0 saturated carbocycles. The van der Waals surface area contributed by atoms with Crippen molar-refractivity contribution in [2.45, 2.75) is 78.3 Å². The highest BCUT2D eigenvalue weighted by Gasteiger charge is 2.46. The minimum Gasteiger partial charge on any atom is -0.341 e. The van der Waals surface area contributed by atoms with Gasteiger partial charge in [-0.2, -0.15) is 4.58 Å². The summed E-state index contributed by atoms with van der Waals surface area (Å²) in [7, 11) is 0. The standard InChI is InChI=1S/C39H43N2/c1-26(2)40-32-24-22-28-16-12-14-18-30(28)36(32)38(5,6)34(40)20-10-9-11-21-35-39(7,8)37-31-19-15-13-17-29(31)23-25-33(37)41(35)27(3)4/h9-27H,1-8H3/q+1. The van der Waals surface area contributed by atoms with Crippen molar-refractivity contribution in [2.24, 2.45) is 0 Å². The zero-order valence-corrected chi connectivity index (χ0v) is 25.9. The van der Waals surface area contributed by atoms with E-state index >= 15 is 0 Å². The average molecular weight is 540 g/mol. The molecule has 0 unspecified atom stereocenters. The van der Waals surface area contributed by atoms with E-state index in [0.29, 0.717) is 12.1 Å². The Hall–Kier alpha value is -3.91. The molecule has 0 radical (unpaired) electrons. The van der Waals surface area contributed by atoms with E-state index in [1.54, 1.807) is 0 Å². The van der Waals surface area contributed by atoms with Crippen molar-refractivity contribution >= 4 is 38.6 Å². The number of anilines is 1. The number of hydrogen-bond acceptors (Lipinski definition) is 1. The van der Waals surface area contributed by atoms with Crippen molar-refractivity contribution in [1.29, 1.82) is 0 Å². The molecule has 0 aromatic heterocycles. The molecule has 2 nitrogen and oxygen atoms in total. The lowest BCUT2D eigenvalue weighted by molar-refractivity contribution is -0.472. The first kappa shape index (κ1) is 27.3.